The van der Waals surface area contributed by atoms with Crippen LogP contribution < -0.4 is 10.9 Å². The van der Waals surface area contributed by atoms with Crippen molar-refractivity contribution in [3.8, 4) is 0 Å². The highest BCUT2D eigenvalue weighted by Gasteiger charge is 2.20. The van der Waals surface area contributed by atoms with Gasteiger partial charge in [-0.1, -0.05) is 6.92 Å². The maximum atomic E-state index is 12.4. The molecule has 2 aromatic rings. The second-order valence-corrected chi connectivity index (χ2v) is 5.65. The molecule has 1 fully saturated rings. The minimum atomic E-state index is 0.00332. The summed E-state index contributed by atoms with van der Waals surface area (Å²) in [6.45, 7) is 8.09. The third-order valence-electron chi connectivity index (χ3n) is 4.34. The van der Waals surface area contributed by atoms with Gasteiger partial charge in [-0.25, -0.2) is 0 Å². The van der Waals surface area contributed by atoms with E-state index in [-0.39, 0.29) is 11.6 Å². The van der Waals surface area contributed by atoms with Crippen LogP contribution in [0.1, 0.15) is 31.0 Å². The number of nitrogens with one attached hydrogen (secondary N) is 2. The summed E-state index contributed by atoms with van der Waals surface area (Å²) in [5.74, 6) is 0. The van der Waals surface area contributed by atoms with E-state index in [1.54, 1.807) is 0 Å². The smallest absolute Gasteiger partial charge is 0.253 e. The number of aryl methyl sites for hydroxylation is 1. The van der Waals surface area contributed by atoms with Gasteiger partial charge in [0.2, 0.25) is 0 Å². The summed E-state index contributed by atoms with van der Waals surface area (Å²) in [7, 11) is 0. The van der Waals surface area contributed by atoms with Gasteiger partial charge in [-0.15, -0.1) is 0 Å². The molecule has 0 spiro atoms. The molecule has 1 unspecified atom stereocenters. The van der Waals surface area contributed by atoms with E-state index in [0.717, 1.165) is 54.8 Å². The van der Waals surface area contributed by atoms with Crippen LogP contribution >= 0.6 is 0 Å². The van der Waals surface area contributed by atoms with Gasteiger partial charge in [0.15, 0.2) is 0 Å². The highest BCUT2D eigenvalue weighted by Crippen LogP contribution is 2.20. The minimum absolute atomic E-state index is 0.00332. The van der Waals surface area contributed by atoms with Crippen LogP contribution in [0.5, 0.6) is 0 Å². The fraction of sp³-hybridized carbons (Fsp3) is 0.500. The Hall–Kier alpha value is -1.72. The number of piperazine rings is 1. The lowest BCUT2D eigenvalue weighted by Gasteiger charge is -2.32. The Kier molecular flexibility index (Phi) is 4.03. The first-order chi connectivity index (χ1) is 10.2. The van der Waals surface area contributed by atoms with Crippen molar-refractivity contribution in [2.24, 2.45) is 0 Å². The first-order valence-electron chi connectivity index (χ1n) is 7.65. The molecule has 1 atom stereocenters. The third kappa shape index (κ3) is 2.84. The van der Waals surface area contributed by atoms with Crippen LogP contribution in [0, 0.1) is 0 Å². The van der Waals surface area contributed by atoms with E-state index < -0.39 is 0 Å². The van der Waals surface area contributed by atoms with Crippen LogP contribution in [-0.4, -0.2) is 41.0 Å². The van der Waals surface area contributed by atoms with Crippen LogP contribution in [0.3, 0.4) is 0 Å². The van der Waals surface area contributed by atoms with Gasteiger partial charge in [0.1, 0.15) is 0 Å². The second-order valence-electron chi connectivity index (χ2n) is 5.65. The molecule has 1 saturated heterocycles. The Bertz CT molecular complexity index is 688. The Morgan fingerprint density at radius 2 is 2.10 bits per heavy atom. The van der Waals surface area contributed by atoms with Crippen molar-refractivity contribution in [3.05, 3.63) is 39.8 Å². The molecule has 5 heteroatoms. The second kappa shape index (κ2) is 5.95. The maximum absolute atomic E-state index is 12.4. The van der Waals surface area contributed by atoms with Gasteiger partial charge in [-0.05, 0) is 31.0 Å². The molecule has 1 aliphatic heterocycles. The summed E-state index contributed by atoms with van der Waals surface area (Å²) in [5, 5.41) is 3.34. The number of pyridine rings is 2. The van der Waals surface area contributed by atoms with Crippen molar-refractivity contribution >= 4 is 11.0 Å². The Morgan fingerprint density at radius 1 is 1.33 bits per heavy atom. The van der Waals surface area contributed by atoms with Crippen molar-refractivity contribution in [1.29, 1.82) is 0 Å². The number of nitrogens with zero attached hydrogens (tertiary/aromatic N) is 2. The van der Waals surface area contributed by atoms with Gasteiger partial charge in [0.05, 0.1) is 11.0 Å². The van der Waals surface area contributed by atoms with Crippen LogP contribution in [0.15, 0.2) is 23.1 Å². The predicted octanol–water partition coefficient (Wildman–Crippen LogP) is 1.45. The lowest BCUT2D eigenvalue weighted by atomic mass is 10.1. The molecule has 1 aliphatic rings. The first-order valence-corrected chi connectivity index (χ1v) is 7.65. The largest absolute Gasteiger partial charge is 0.320 e. The number of aromatic nitrogens is 2. The molecule has 0 saturated carbocycles. The molecule has 0 aromatic carbocycles. The van der Waals surface area contributed by atoms with Gasteiger partial charge in [-0.3, -0.25) is 14.7 Å². The molecule has 2 aromatic heterocycles. The average molecular weight is 286 g/mol. The van der Waals surface area contributed by atoms with Crippen LogP contribution in [0.4, 0.5) is 0 Å². The van der Waals surface area contributed by atoms with Crippen molar-refractivity contribution < 1.29 is 0 Å². The van der Waals surface area contributed by atoms with Crippen molar-refractivity contribution in [1.82, 2.24) is 20.2 Å². The Labute approximate surface area is 124 Å². The number of rotatable bonds is 3. The minimum Gasteiger partial charge on any atom is -0.320 e. The summed E-state index contributed by atoms with van der Waals surface area (Å²) in [5.41, 5.74) is 3.64. The van der Waals surface area contributed by atoms with Gasteiger partial charge < -0.3 is 10.3 Å². The lowest BCUT2D eigenvalue weighted by Crippen LogP contribution is -2.45. The molecular weight excluding hydrogens is 264 g/mol. The van der Waals surface area contributed by atoms with Crippen LogP contribution in [-0.2, 0) is 6.42 Å². The molecule has 5 nitrogen and oxygen atoms in total. The number of H-pyrrole nitrogens is 1. The van der Waals surface area contributed by atoms with E-state index in [1.807, 2.05) is 18.3 Å². The molecule has 0 amide bonds. The molecule has 3 heterocycles. The van der Waals surface area contributed by atoms with Crippen LogP contribution in [0.2, 0.25) is 0 Å². The standard InChI is InChI=1S/C16H22N4O/c1-3-12-8-15-14(18-10-12)9-13(16(21)19-15)11(2)20-6-4-17-5-7-20/h8-11,17H,3-7H2,1-2H3,(H,19,21). The summed E-state index contributed by atoms with van der Waals surface area (Å²) in [4.78, 5) is 22.2. The number of aromatic amines is 1. The zero-order chi connectivity index (χ0) is 14.8. The normalized spacial score (nSPS) is 18.0. The highest BCUT2D eigenvalue weighted by atomic mass is 16.1. The van der Waals surface area contributed by atoms with Crippen molar-refractivity contribution in [2.75, 3.05) is 26.2 Å². The highest BCUT2D eigenvalue weighted by molar-refractivity contribution is 5.75. The quantitative estimate of drug-likeness (QED) is 0.896. The Balaban J connectivity index is 1.98. The summed E-state index contributed by atoms with van der Waals surface area (Å²) >= 11 is 0. The summed E-state index contributed by atoms with van der Waals surface area (Å²) in [6.07, 6.45) is 2.81. The van der Waals surface area contributed by atoms with Gasteiger partial charge >= 0.3 is 0 Å². The summed E-state index contributed by atoms with van der Waals surface area (Å²) < 4.78 is 0. The van der Waals surface area contributed by atoms with E-state index in [4.69, 9.17) is 0 Å². The van der Waals surface area contributed by atoms with Gasteiger partial charge in [0, 0.05) is 44.0 Å². The topological polar surface area (TPSA) is 61.0 Å². The monoisotopic (exact) mass is 286 g/mol. The average Bonchev–Trinajstić information content (AvgIpc) is 2.53. The first kappa shape index (κ1) is 14.2. The molecule has 21 heavy (non-hydrogen) atoms. The number of fused-ring (bicyclic) bond motifs is 1. The molecule has 0 radical (unpaired) electrons. The third-order valence-corrected chi connectivity index (χ3v) is 4.34. The van der Waals surface area contributed by atoms with E-state index >= 15 is 0 Å². The molecule has 2 N–H and O–H groups in total. The van der Waals surface area contributed by atoms with Crippen molar-refractivity contribution in [2.45, 2.75) is 26.3 Å². The van der Waals surface area contributed by atoms with E-state index in [2.05, 4.69) is 34.0 Å². The fourth-order valence-corrected chi connectivity index (χ4v) is 2.91. The fourth-order valence-electron chi connectivity index (χ4n) is 2.91. The SMILES string of the molecule is CCc1cnc2cc(C(C)N3CCNCC3)c(=O)[nH]c2c1. The zero-order valence-electron chi connectivity index (χ0n) is 12.6. The molecule has 112 valence electrons. The zero-order valence-corrected chi connectivity index (χ0v) is 12.6. The molecular formula is C16H22N4O. The maximum Gasteiger partial charge on any atom is 0.253 e. The van der Waals surface area contributed by atoms with E-state index in [9.17, 15) is 4.79 Å². The van der Waals surface area contributed by atoms with Gasteiger partial charge in [0.25, 0.3) is 5.56 Å². The number of hydrogen-bond donors (Lipinski definition) is 2. The van der Waals surface area contributed by atoms with E-state index in [0.29, 0.717) is 0 Å². The predicted molar refractivity (Wildman–Crippen MR) is 84.6 cm³/mol. The van der Waals surface area contributed by atoms with E-state index in [1.165, 1.54) is 0 Å². The number of hydrogen-bond acceptors (Lipinski definition) is 4. The molecule has 0 aliphatic carbocycles. The summed E-state index contributed by atoms with van der Waals surface area (Å²) in [6, 6.07) is 4.08. The lowest BCUT2D eigenvalue weighted by molar-refractivity contribution is 0.184. The van der Waals surface area contributed by atoms with Crippen molar-refractivity contribution in [3.63, 3.8) is 0 Å². The molecule has 0 bridgehead atoms. The van der Waals surface area contributed by atoms with Gasteiger partial charge in [-0.2, -0.15) is 0 Å². The van der Waals surface area contributed by atoms with Crippen LogP contribution in [0.25, 0.3) is 11.0 Å². The Morgan fingerprint density at radius 3 is 2.81 bits per heavy atom. The molecule has 3 rings (SSSR count).